The molecule has 4 heteroatoms. The molecule has 0 aliphatic heterocycles. The number of nitrogens with one attached hydrogen (secondary N) is 1. The monoisotopic (exact) mass is 276 g/mol. The summed E-state index contributed by atoms with van der Waals surface area (Å²) in [5, 5.41) is 3.38. The third-order valence-corrected chi connectivity index (χ3v) is 4.30. The van der Waals surface area contributed by atoms with Crippen LogP contribution in [0.15, 0.2) is 12.4 Å². The standard InChI is InChI=1S/C16H28N4/c1-4-9-17-10-14-11-18-12-16(19-14)20(3)15-7-5-13(2)6-8-15/h11-13,15,17H,4-10H2,1-3H3. The summed E-state index contributed by atoms with van der Waals surface area (Å²) in [7, 11) is 2.16. The van der Waals surface area contributed by atoms with Gasteiger partial charge in [0.1, 0.15) is 5.82 Å². The lowest BCUT2D eigenvalue weighted by molar-refractivity contribution is 0.339. The maximum atomic E-state index is 4.74. The summed E-state index contributed by atoms with van der Waals surface area (Å²) in [5.41, 5.74) is 1.03. The molecule has 4 nitrogen and oxygen atoms in total. The fourth-order valence-electron chi connectivity index (χ4n) is 2.86. The minimum atomic E-state index is 0.624. The highest BCUT2D eigenvalue weighted by atomic mass is 15.2. The normalized spacial score (nSPS) is 22.8. The van der Waals surface area contributed by atoms with E-state index in [-0.39, 0.29) is 0 Å². The Bertz CT molecular complexity index is 399. The van der Waals surface area contributed by atoms with Gasteiger partial charge in [-0.1, -0.05) is 13.8 Å². The van der Waals surface area contributed by atoms with Crippen LogP contribution < -0.4 is 10.2 Å². The van der Waals surface area contributed by atoms with Crippen molar-refractivity contribution in [2.75, 3.05) is 18.5 Å². The van der Waals surface area contributed by atoms with E-state index in [1.165, 1.54) is 25.7 Å². The third-order valence-electron chi connectivity index (χ3n) is 4.30. The minimum Gasteiger partial charge on any atom is -0.355 e. The van der Waals surface area contributed by atoms with Gasteiger partial charge < -0.3 is 10.2 Å². The smallest absolute Gasteiger partial charge is 0.147 e. The zero-order valence-electron chi connectivity index (χ0n) is 13.1. The Balaban J connectivity index is 1.95. The lowest BCUT2D eigenvalue weighted by atomic mass is 9.87. The number of hydrogen-bond acceptors (Lipinski definition) is 4. The van der Waals surface area contributed by atoms with E-state index in [0.717, 1.165) is 36.9 Å². The van der Waals surface area contributed by atoms with Crippen LogP contribution in [0.4, 0.5) is 5.82 Å². The second kappa shape index (κ2) is 7.58. The molecule has 0 radical (unpaired) electrons. The van der Waals surface area contributed by atoms with Crippen molar-refractivity contribution in [3.05, 3.63) is 18.1 Å². The minimum absolute atomic E-state index is 0.624. The van der Waals surface area contributed by atoms with Gasteiger partial charge in [0.25, 0.3) is 0 Å². The van der Waals surface area contributed by atoms with Crippen molar-refractivity contribution < 1.29 is 0 Å². The van der Waals surface area contributed by atoms with Crippen molar-refractivity contribution >= 4 is 5.82 Å². The lowest BCUT2D eigenvalue weighted by Crippen LogP contribution is -2.35. The predicted octanol–water partition coefficient (Wildman–Crippen LogP) is 2.99. The van der Waals surface area contributed by atoms with Gasteiger partial charge in [-0.15, -0.1) is 0 Å². The van der Waals surface area contributed by atoms with Crippen LogP contribution in [-0.2, 0) is 6.54 Å². The number of anilines is 1. The fraction of sp³-hybridized carbons (Fsp3) is 0.750. The first kappa shape index (κ1) is 15.2. The SMILES string of the molecule is CCCNCc1cncc(N(C)C2CCC(C)CC2)n1. The molecule has 2 rings (SSSR count). The van der Waals surface area contributed by atoms with E-state index >= 15 is 0 Å². The first-order chi connectivity index (χ1) is 9.70. The van der Waals surface area contributed by atoms with Gasteiger partial charge >= 0.3 is 0 Å². The maximum absolute atomic E-state index is 4.74. The molecule has 1 N–H and O–H groups in total. The summed E-state index contributed by atoms with van der Waals surface area (Å²) in [6, 6.07) is 0.624. The van der Waals surface area contributed by atoms with Gasteiger partial charge in [-0.3, -0.25) is 4.98 Å². The molecule has 1 aromatic heterocycles. The summed E-state index contributed by atoms with van der Waals surface area (Å²) in [5.74, 6) is 1.90. The number of aromatic nitrogens is 2. The largest absolute Gasteiger partial charge is 0.355 e. The van der Waals surface area contributed by atoms with Crippen LogP contribution in [-0.4, -0.2) is 29.6 Å². The van der Waals surface area contributed by atoms with E-state index in [4.69, 9.17) is 4.98 Å². The Morgan fingerprint density at radius 2 is 2.00 bits per heavy atom. The highest BCUT2D eigenvalue weighted by Gasteiger charge is 2.22. The average molecular weight is 276 g/mol. The average Bonchev–Trinajstić information content (AvgIpc) is 2.48. The molecular weight excluding hydrogens is 248 g/mol. The van der Waals surface area contributed by atoms with Crippen LogP contribution in [0, 0.1) is 5.92 Å². The zero-order chi connectivity index (χ0) is 14.4. The number of nitrogens with zero attached hydrogens (tertiary/aromatic N) is 3. The molecule has 0 aromatic carbocycles. The molecule has 1 aliphatic rings. The number of rotatable bonds is 6. The second-order valence-electron chi connectivity index (χ2n) is 6.07. The highest BCUT2D eigenvalue weighted by Crippen LogP contribution is 2.28. The van der Waals surface area contributed by atoms with Crippen molar-refractivity contribution in [3.63, 3.8) is 0 Å². The molecular formula is C16H28N4. The van der Waals surface area contributed by atoms with Crippen LogP contribution in [0.1, 0.15) is 51.6 Å². The Hall–Kier alpha value is -1.16. The van der Waals surface area contributed by atoms with E-state index in [1.807, 2.05) is 12.4 Å². The highest BCUT2D eigenvalue weighted by molar-refractivity contribution is 5.36. The Labute approximate surface area is 123 Å². The summed E-state index contributed by atoms with van der Waals surface area (Å²) in [4.78, 5) is 11.4. The Kier molecular flexibility index (Phi) is 5.77. The molecule has 0 bridgehead atoms. The van der Waals surface area contributed by atoms with Crippen molar-refractivity contribution in [1.82, 2.24) is 15.3 Å². The lowest BCUT2D eigenvalue weighted by Gasteiger charge is -2.34. The Morgan fingerprint density at radius 3 is 2.70 bits per heavy atom. The van der Waals surface area contributed by atoms with Gasteiger partial charge in [0, 0.05) is 25.8 Å². The summed E-state index contributed by atoms with van der Waals surface area (Å²) >= 11 is 0. The van der Waals surface area contributed by atoms with Gasteiger partial charge in [-0.25, -0.2) is 4.98 Å². The van der Waals surface area contributed by atoms with Gasteiger partial charge in [0.15, 0.2) is 0 Å². The van der Waals surface area contributed by atoms with E-state index in [0.29, 0.717) is 6.04 Å². The second-order valence-corrected chi connectivity index (χ2v) is 6.07. The predicted molar refractivity (Wildman–Crippen MR) is 83.9 cm³/mol. The molecule has 0 saturated heterocycles. The van der Waals surface area contributed by atoms with Crippen LogP contribution in [0.3, 0.4) is 0 Å². The molecule has 1 aliphatic carbocycles. The van der Waals surface area contributed by atoms with Crippen LogP contribution in [0.25, 0.3) is 0 Å². The molecule has 1 heterocycles. The maximum Gasteiger partial charge on any atom is 0.147 e. The van der Waals surface area contributed by atoms with E-state index in [1.54, 1.807) is 0 Å². The Morgan fingerprint density at radius 1 is 1.25 bits per heavy atom. The molecule has 1 fully saturated rings. The zero-order valence-corrected chi connectivity index (χ0v) is 13.1. The molecule has 1 saturated carbocycles. The molecule has 20 heavy (non-hydrogen) atoms. The summed E-state index contributed by atoms with van der Waals surface area (Å²) in [6.45, 7) is 6.37. The fourth-order valence-corrected chi connectivity index (χ4v) is 2.86. The van der Waals surface area contributed by atoms with Gasteiger partial charge in [0.05, 0.1) is 11.9 Å². The third kappa shape index (κ3) is 4.17. The van der Waals surface area contributed by atoms with Gasteiger partial charge in [0.2, 0.25) is 0 Å². The van der Waals surface area contributed by atoms with Crippen molar-refractivity contribution in [2.24, 2.45) is 5.92 Å². The van der Waals surface area contributed by atoms with Crippen molar-refractivity contribution in [1.29, 1.82) is 0 Å². The van der Waals surface area contributed by atoms with E-state index in [2.05, 4.69) is 36.1 Å². The van der Waals surface area contributed by atoms with Crippen molar-refractivity contribution in [3.8, 4) is 0 Å². The first-order valence-corrected chi connectivity index (χ1v) is 7.95. The van der Waals surface area contributed by atoms with Gasteiger partial charge in [-0.2, -0.15) is 0 Å². The first-order valence-electron chi connectivity index (χ1n) is 7.95. The number of hydrogen-bond donors (Lipinski definition) is 1. The van der Waals surface area contributed by atoms with E-state index in [9.17, 15) is 0 Å². The topological polar surface area (TPSA) is 41.1 Å². The molecule has 0 atom stereocenters. The summed E-state index contributed by atoms with van der Waals surface area (Å²) in [6.07, 6.45) is 10.1. The quantitative estimate of drug-likeness (QED) is 0.811. The molecule has 0 spiro atoms. The molecule has 0 amide bonds. The van der Waals surface area contributed by atoms with Gasteiger partial charge in [-0.05, 0) is 44.6 Å². The molecule has 112 valence electrons. The molecule has 0 unspecified atom stereocenters. The van der Waals surface area contributed by atoms with E-state index < -0.39 is 0 Å². The van der Waals surface area contributed by atoms with Crippen molar-refractivity contribution in [2.45, 2.75) is 58.5 Å². The molecule has 1 aromatic rings. The summed E-state index contributed by atoms with van der Waals surface area (Å²) < 4.78 is 0. The van der Waals surface area contributed by atoms with Crippen LogP contribution in [0.2, 0.25) is 0 Å². The van der Waals surface area contributed by atoms with Crippen LogP contribution >= 0.6 is 0 Å². The van der Waals surface area contributed by atoms with Crippen LogP contribution in [0.5, 0.6) is 0 Å².